The molecule has 156 valence electrons. The second kappa shape index (κ2) is 6.72. The third kappa shape index (κ3) is 2.91. The lowest BCUT2D eigenvalue weighted by molar-refractivity contribution is -0.0345. The van der Waals surface area contributed by atoms with Crippen molar-refractivity contribution in [2.24, 2.45) is 11.3 Å². The molecule has 1 aliphatic heterocycles. The number of hydrogen-bond acceptors (Lipinski definition) is 6. The zero-order valence-electron chi connectivity index (χ0n) is 16.9. The number of amides is 1. The Kier molecular flexibility index (Phi) is 4.05. The number of pyridine rings is 2. The van der Waals surface area contributed by atoms with E-state index in [4.69, 9.17) is 16.3 Å². The van der Waals surface area contributed by atoms with Crippen LogP contribution in [0, 0.1) is 18.3 Å². The van der Waals surface area contributed by atoms with Crippen molar-refractivity contribution in [3.63, 3.8) is 0 Å². The van der Waals surface area contributed by atoms with Crippen molar-refractivity contribution in [2.45, 2.75) is 31.9 Å². The van der Waals surface area contributed by atoms with E-state index in [-0.39, 0.29) is 23.5 Å². The molecule has 0 aromatic carbocycles. The number of carbonyl (C=O) groups is 1. The summed E-state index contributed by atoms with van der Waals surface area (Å²) in [6.45, 7) is 2.65. The van der Waals surface area contributed by atoms with Crippen molar-refractivity contribution >= 4 is 17.5 Å². The van der Waals surface area contributed by atoms with Crippen molar-refractivity contribution in [2.75, 3.05) is 6.54 Å². The van der Waals surface area contributed by atoms with E-state index in [0.29, 0.717) is 33.9 Å². The normalized spacial score (nSPS) is 27.8. The van der Waals surface area contributed by atoms with Gasteiger partial charge in [0.25, 0.3) is 5.91 Å². The summed E-state index contributed by atoms with van der Waals surface area (Å²) in [7, 11) is 0. The van der Waals surface area contributed by atoms with Crippen LogP contribution >= 0.6 is 11.6 Å². The Hall–Kier alpha value is -3.06. The van der Waals surface area contributed by atoms with E-state index in [9.17, 15) is 4.79 Å². The number of halogens is 1. The van der Waals surface area contributed by atoms with Gasteiger partial charge in [0.2, 0.25) is 5.88 Å². The predicted octanol–water partition coefficient (Wildman–Crippen LogP) is 3.58. The quantitative estimate of drug-likeness (QED) is 0.625. The monoisotopic (exact) mass is 433 g/mol. The van der Waals surface area contributed by atoms with Crippen LogP contribution in [0.15, 0.2) is 48.9 Å². The lowest BCUT2D eigenvalue weighted by Crippen LogP contribution is -2.59. The Morgan fingerprint density at radius 3 is 2.77 bits per heavy atom. The summed E-state index contributed by atoms with van der Waals surface area (Å²) in [5, 5.41) is 0.569. The molecule has 0 radical (unpaired) electrons. The molecule has 1 amide bonds. The molecule has 3 aliphatic rings. The third-order valence-electron chi connectivity index (χ3n) is 6.83. The van der Waals surface area contributed by atoms with Crippen LogP contribution in [0.3, 0.4) is 0 Å². The Balaban J connectivity index is 1.30. The van der Waals surface area contributed by atoms with Crippen molar-refractivity contribution in [3.8, 4) is 17.4 Å². The molecule has 4 atom stereocenters. The number of ether oxygens (including phenoxy) is 1. The van der Waals surface area contributed by atoms with Gasteiger partial charge in [-0.05, 0) is 49.9 Å². The fourth-order valence-corrected chi connectivity index (χ4v) is 5.43. The van der Waals surface area contributed by atoms with E-state index in [1.54, 1.807) is 36.8 Å². The molecular formula is C23H20ClN5O2. The molecule has 4 heterocycles. The van der Waals surface area contributed by atoms with Crippen LogP contribution in [0.4, 0.5) is 0 Å². The minimum absolute atomic E-state index is 0.0381. The highest BCUT2D eigenvalue weighted by atomic mass is 35.5. The van der Waals surface area contributed by atoms with Gasteiger partial charge in [-0.25, -0.2) is 19.9 Å². The number of aromatic nitrogens is 4. The van der Waals surface area contributed by atoms with Gasteiger partial charge in [0.1, 0.15) is 11.8 Å². The lowest BCUT2D eigenvalue weighted by atomic mass is 9.73. The van der Waals surface area contributed by atoms with Crippen LogP contribution in [0.2, 0.25) is 5.02 Å². The first-order valence-corrected chi connectivity index (χ1v) is 10.8. The van der Waals surface area contributed by atoms with Crippen molar-refractivity contribution < 1.29 is 9.53 Å². The van der Waals surface area contributed by atoms with E-state index in [1.807, 2.05) is 24.0 Å². The molecule has 1 spiro atoms. The standard InChI is InChI=1S/C23H20ClN5O2/c1-13-3-5-16(19(28-13)21-25-7-2-8-26-21)22(30)29-12-14-9-23(14)10-17(20(23)29)31-18-6-4-15(24)11-27-18/h2-8,11,14,17,20H,9-10,12H2,1H3. The first-order chi connectivity index (χ1) is 15.0. The lowest BCUT2D eigenvalue weighted by Gasteiger charge is -2.47. The summed E-state index contributed by atoms with van der Waals surface area (Å²) in [5.74, 6) is 1.51. The average Bonchev–Trinajstić information content (AvgIpc) is 3.43. The molecular weight excluding hydrogens is 414 g/mol. The van der Waals surface area contributed by atoms with Crippen LogP contribution in [0.25, 0.3) is 11.5 Å². The highest BCUT2D eigenvalue weighted by molar-refractivity contribution is 6.30. The maximum absolute atomic E-state index is 13.7. The van der Waals surface area contributed by atoms with Crippen LogP contribution in [-0.4, -0.2) is 49.4 Å². The second-order valence-electron chi connectivity index (χ2n) is 8.63. The average molecular weight is 434 g/mol. The summed E-state index contributed by atoms with van der Waals surface area (Å²) in [5.41, 5.74) is 2.08. The van der Waals surface area contributed by atoms with E-state index in [0.717, 1.165) is 25.1 Å². The number of likely N-dealkylation sites (tertiary alicyclic amines) is 1. The summed E-state index contributed by atoms with van der Waals surface area (Å²) >= 11 is 5.94. The third-order valence-corrected chi connectivity index (χ3v) is 7.05. The van der Waals surface area contributed by atoms with Crippen molar-refractivity contribution in [3.05, 3.63) is 65.2 Å². The Labute approximate surface area is 184 Å². The van der Waals surface area contributed by atoms with Gasteiger partial charge in [-0.3, -0.25) is 4.79 Å². The topological polar surface area (TPSA) is 81.1 Å². The minimum atomic E-state index is -0.0695. The zero-order valence-corrected chi connectivity index (χ0v) is 17.7. The van der Waals surface area contributed by atoms with Gasteiger partial charge in [-0.2, -0.15) is 0 Å². The number of carbonyl (C=O) groups excluding carboxylic acids is 1. The van der Waals surface area contributed by atoms with Gasteiger partial charge in [-0.1, -0.05) is 11.6 Å². The molecule has 4 unspecified atom stereocenters. The van der Waals surface area contributed by atoms with E-state index < -0.39 is 0 Å². The molecule has 7 nitrogen and oxygen atoms in total. The number of hydrogen-bond donors (Lipinski definition) is 0. The number of rotatable bonds is 4. The molecule has 2 saturated carbocycles. The maximum atomic E-state index is 13.7. The molecule has 3 aromatic rings. The van der Waals surface area contributed by atoms with Crippen molar-refractivity contribution in [1.82, 2.24) is 24.8 Å². The summed E-state index contributed by atoms with van der Waals surface area (Å²) < 4.78 is 6.16. The first-order valence-electron chi connectivity index (χ1n) is 10.4. The van der Waals surface area contributed by atoms with Gasteiger partial charge in [0.15, 0.2) is 5.82 Å². The molecule has 1 saturated heterocycles. The number of nitrogens with zero attached hydrogens (tertiary/aromatic N) is 5. The smallest absolute Gasteiger partial charge is 0.256 e. The molecule has 6 rings (SSSR count). The number of aryl methyl sites for hydroxylation is 1. The van der Waals surface area contributed by atoms with Gasteiger partial charge >= 0.3 is 0 Å². The SMILES string of the molecule is Cc1ccc(C(=O)N2CC3CC34CC(Oc3ccc(Cl)cn3)C24)c(-c2ncccn2)n1. The summed E-state index contributed by atoms with van der Waals surface area (Å²) in [6.07, 6.45) is 6.95. The van der Waals surface area contributed by atoms with Crippen LogP contribution in [0.1, 0.15) is 28.9 Å². The largest absolute Gasteiger partial charge is 0.472 e. The van der Waals surface area contributed by atoms with E-state index in [2.05, 4.69) is 19.9 Å². The van der Waals surface area contributed by atoms with Gasteiger partial charge in [0, 0.05) is 42.3 Å². The molecule has 0 bridgehead atoms. The highest BCUT2D eigenvalue weighted by Crippen LogP contribution is 2.71. The predicted molar refractivity (Wildman–Crippen MR) is 114 cm³/mol. The summed E-state index contributed by atoms with van der Waals surface area (Å²) in [6, 6.07) is 9.03. The molecule has 2 aliphatic carbocycles. The molecule has 31 heavy (non-hydrogen) atoms. The zero-order chi connectivity index (χ0) is 21.2. The van der Waals surface area contributed by atoms with Gasteiger partial charge < -0.3 is 9.64 Å². The molecule has 3 aromatic heterocycles. The van der Waals surface area contributed by atoms with Crippen LogP contribution < -0.4 is 4.74 Å². The fourth-order valence-electron chi connectivity index (χ4n) is 5.32. The molecule has 8 heteroatoms. The second-order valence-corrected chi connectivity index (χ2v) is 9.07. The Bertz CT molecular complexity index is 1170. The molecule has 3 fully saturated rings. The summed E-state index contributed by atoms with van der Waals surface area (Å²) in [4.78, 5) is 33.2. The van der Waals surface area contributed by atoms with Crippen molar-refractivity contribution in [1.29, 1.82) is 0 Å². The van der Waals surface area contributed by atoms with Gasteiger partial charge in [-0.15, -0.1) is 0 Å². The molecule has 0 N–H and O–H groups in total. The minimum Gasteiger partial charge on any atom is -0.472 e. The first kappa shape index (κ1) is 18.7. The maximum Gasteiger partial charge on any atom is 0.256 e. The van der Waals surface area contributed by atoms with Gasteiger partial charge in [0.05, 0.1) is 16.6 Å². The Morgan fingerprint density at radius 2 is 2.00 bits per heavy atom. The highest BCUT2D eigenvalue weighted by Gasteiger charge is 2.76. The Morgan fingerprint density at radius 1 is 1.16 bits per heavy atom. The fraction of sp³-hybridized carbons (Fsp3) is 0.348. The van der Waals surface area contributed by atoms with E-state index >= 15 is 0 Å². The van der Waals surface area contributed by atoms with Crippen LogP contribution in [0.5, 0.6) is 5.88 Å². The van der Waals surface area contributed by atoms with E-state index in [1.165, 1.54) is 0 Å². The van der Waals surface area contributed by atoms with Crippen LogP contribution in [-0.2, 0) is 0 Å². The number of piperidine rings is 1.